The first-order chi connectivity index (χ1) is 11.0. The van der Waals surface area contributed by atoms with Crippen molar-refractivity contribution in [3.63, 3.8) is 0 Å². The van der Waals surface area contributed by atoms with Crippen LogP contribution < -0.4 is 15.8 Å². The highest BCUT2D eigenvalue weighted by Gasteiger charge is 2.13. The van der Waals surface area contributed by atoms with E-state index in [-0.39, 0.29) is 35.3 Å². The number of carbonyl (C=O) groups is 1. The molecule has 7 heteroatoms. The lowest BCUT2D eigenvalue weighted by Gasteiger charge is -2.10. The largest absolute Gasteiger partial charge is 0.477 e. The van der Waals surface area contributed by atoms with Gasteiger partial charge in [0.15, 0.2) is 0 Å². The van der Waals surface area contributed by atoms with Crippen molar-refractivity contribution < 1.29 is 13.9 Å². The first-order valence-corrected chi connectivity index (χ1v) is 6.91. The summed E-state index contributed by atoms with van der Waals surface area (Å²) in [5.41, 5.74) is 6.58. The van der Waals surface area contributed by atoms with E-state index in [1.54, 1.807) is 13.0 Å². The molecule has 1 amide bonds. The molecule has 6 nitrogen and oxygen atoms in total. The molecule has 23 heavy (non-hydrogen) atoms. The number of nitriles is 1. The van der Waals surface area contributed by atoms with Gasteiger partial charge in [-0.05, 0) is 24.6 Å². The van der Waals surface area contributed by atoms with Gasteiger partial charge in [0.05, 0.1) is 18.7 Å². The molecule has 0 aliphatic heterocycles. The third-order valence-corrected chi connectivity index (χ3v) is 2.93. The molecule has 1 aromatic heterocycles. The van der Waals surface area contributed by atoms with Crippen LogP contribution in [0.4, 0.5) is 15.9 Å². The van der Waals surface area contributed by atoms with E-state index in [4.69, 9.17) is 15.7 Å². The van der Waals surface area contributed by atoms with Gasteiger partial charge in [0, 0.05) is 6.07 Å². The fourth-order valence-corrected chi connectivity index (χ4v) is 1.98. The summed E-state index contributed by atoms with van der Waals surface area (Å²) in [5, 5.41) is 11.6. The second-order valence-electron chi connectivity index (χ2n) is 4.68. The average Bonchev–Trinajstić information content (AvgIpc) is 2.47. The zero-order valence-electron chi connectivity index (χ0n) is 12.5. The molecule has 0 saturated carbocycles. The second kappa shape index (κ2) is 7.22. The third-order valence-electron chi connectivity index (χ3n) is 2.93. The van der Waals surface area contributed by atoms with Crippen LogP contribution in [0.3, 0.4) is 0 Å². The number of rotatable bonds is 5. The standard InChI is InChI=1S/C16H15FN4O2/c1-2-23-16-12(9-18)13(19)8-14(21-16)20-15(22)7-10-4-3-5-11(17)6-10/h3-6,8H,2,7H2,1H3,(H3,19,20,21,22). The van der Waals surface area contributed by atoms with Gasteiger partial charge in [-0.1, -0.05) is 12.1 Å². The topological polar surface area (TPSA) is 101 Å². The number of amides is 1. The highest BCUT2D eigenvalue weighted by Crippen LogP contribution is 2.25. The average molecular weight is 314 g/mol. The number of nitrogens with one attached hydrogen (secondary N) is 1. The van der Waals surface area contributed by atoms with Crippen molar-refractivity contribution in [2.75, 3.05) is 17.7 Å². The first kappa shape index (κ1) is 16.2. The minimum atomic E-state index is -0.408. The Morgan fingerprint density at radius 2 is 2.26 bits per heavy atom. The van der Waals surface area contributed by atoms with Crippen molar-refractivity contribution in [3.8, 4) is 11.9 Å². The number of nitrogens with two attached hydrogens (primary N) is 1. The van der Waals surface area contributed by atoms with Gasteiger partial charge < -0.3 is 15.8 Å². The quantitative estimate of drug-likeness (QED) is 0.881. The number of anilines is 2. The summed E-state index contributed by atoms with van der Waals surface area (Å²) in [7, 11) is 0. The number of ether oxygens (including phenoxy) is 1. The zero-order valence-corrected chi connectivity index (χ0v) is 12.5. The van der Waals surface area contributed by atoms with Crippen molar-refractivity contribution in [2.45, 2.75) is 13.3 Å². The van der Waals surface area contributed by atoms with E-state index in [0.717, 1.165) is 0 Å². The molecular formula is C16H15FN4O2. The lowest BCUT2D eigenvalue weighted by Crippen LogP contribution is -2.16. The maximum absolute atomic E-state index is 13.1. The van der Waals surface area contributed by atoms with E-state index in [2.05, 4.69) is 10.3 Å². The van der Waals surface area contributed by atoms with Crippen LogP contribution in [0.2, 0.25) is 0 Å². The summed E-state index contributed by atoms with van der Waals surface area (Å²) >= 11 is 0. The van der Waals surface area contributed by atoms with Crippen LogP contribution in [0.25, 0.3) is 0 Å². The molecule has 0 atom stereocenters. The molecule has 3 N–H and O–H groups in total. The number of nitrogen functional groups attached to an aromatic ring is 1. The Labute approximate surface area is 132 Å². The molecule has 0 spiro atoms. The van der Waals surface area contributed by atoms with Gasteiger partial charge in [0.25, 0.3) is 0 Å². The van der Waals surface area contributed by atoms with Crippen molar-refractivity contribution >= 4 is 17.4 Å². The molecule has 0 aliphatic rings. The number of halogens is 1. The summed E-state index contributed by atoms with van der Waals surface area (Å²) in [6.45, 7) is 2.05. The molecule has 0 bridgehead atoms. The molecule has 1 aromatic carbocycles. The summed E-state index contributed by atoms with van der Waals surface area (Å²) < 4.78 is 18.4. The van der Waals surface area contributed by atoms with Gasteiger partial charge in [-0.15, -0.1) is 0 Å². The normalized spacial score (nSPS) is 9.96. The van der Waals surface area contributed by atoms with Crippen molar-refractivity contribution in [1.82, 2.24) is 4.98 Å². The summed E-state index contributed by atoms with van der Waals surface area (Å²) in [6, 6.07) is 9.05. The Bertz CT molecular complexity index is 771. The van der Waals surface area contributed by atoms with Gasteiger partial charge >= 0.3 is 0 Å². The Balaban J connectivity index is 2.16. The zero-order chi connectivity index (χ0) is 16.8. The van der Waals surface area contributed by atoms with Crippen molar-refractivity contribution in [3.05, 3.63) is 47.3 Å². The number of aromatic nitrogens is 1. The number of pyridine rings is 1. The fourth-order valence-electron chi connectivity index (χ4n) is 1.98. The van der Waals surface area contributed by atoms with Crippen LogP contribution in [-0.4, -0.2) is 17.5 Å². The molecule has 0 aliphatic carbocycles. The first-order valence-electron chi connectivity index (χ1n) is 6.91. The van der Waals surface area contributed by atoms with E-state index < -0.39 is 5.82 Å². The monoisotopic (exact) mass is 314 g/mol. The van der Waals surface area contributed by atoms with Crippen LogP contribution in [0.5, 0.6) is 5.88 Å². The molecule has 2 aromatic rings. The van der Waals surface area contributed by atoms with E-state index >= 15 is 0 Å². The smallest absolute Gasteiger partial charge is 0.235 e. The summed E-state index contributed by atoms with van der Waals surface area (Å²) in [4.78, 5) is 16.1. The lowest BCUT2D eigenvalue weighted by molar-refractivity contribution is -0.115. The Morgan fingerprint density at radius 3 is 2.91 bits per heavy atom. The van der Waals surface area contributed by atoms with Crippen LogP contribution in [0.1, 0.15) is 18.1 Å². The van der Waals surface area contributed by atoms with Gasteiger partial charge in [-0.25, -0.2) is 4.39 Å². The number of carbonyl (C=O) groups excluding carboxylic acids is 1. The van der Waals surface area contributed by atoms with E-state index in [1.807, 2.05) is 6.07 Å². The summed E-state index contributed by atoms with van der Waals surface area (Å²) in [5.74, 6) is -0.549. The Hall–Kier alpha value is -3.14. The lowest BCUT2D eigenvalue weighted by atomic mass is 10.1. The maximum atomic E-state index is 13.1. The Kier molecular flexibility index (Phi) is 5.10. The molecule has 0 unspecified atom stereocenters. The third kappa shape index (κ3) is 4.17. The van der Waals surface area contributed by atoms with E-state index in [1.165, 1.54) is 24.3 Å². The number of hydrogen-bond acceptors (Lipinski definition) is 5. The molecule has 0 fully saturated rings. The van der Waals surface area contributed by atoms with Crippen LogP contribution in [0.15, 0.2) is 30.3 Å². The van der Waals surface area contributed by atoms with Crippen molar-refractivity contribution in [1.29, 1.82) is 5.26 Å². The molecule has 0 saturated heterocycles. The summed E-state index contributed by atoms with van der Waals surface area (Å²) in [6.07, 6.45) is -0.0106. The van der Waals surface area contributed by atoms with Gasteiger partial charge in [0.1, 0.15) is 23.3 Å². The highest BCUT2D eigenvalue weighted by molar-refractivity contribution is 5.92. The van der Waals surface area contributed by atoms with Gasteiger partial charge in [-0.2, -0.15) is 10.2 Å². The van der Waals surface area contributed by atoms with Crippen LogP contribution >= 0.6 is 0 Å². The van der Waals surface area contributed by atoms with E-state index in [9.17, 15) is 9.18 Å². The van der Waals surface area contributed by atoms with Crippen LogP contribution in [-0.2, 0) is 11.2 Å². The SMILES string of the molecule is CCOc1nc(NC(=O)Cc2cccc(F)c2)cc(N)c1C#N. The second-order valence-corrected chi connectivity index (χ2v) is 4.68. The molecule has 0 radical (unpaired) electrons. The molecular weight excluding hydrogens is 299 g/mol. The molecule has 1 heterocycles. The minimum absolute atomic E-state index is 0.0106. The maximum Gasteiger partial charge on any atom is 0.235 e. The molecule has 118 valence electrons. The van der Waals surface area contributed by atoms with Gasteiger partial charge in [0.2, 0.25) is 11.8 Å². The van der Waals surface area contributed by atoms with Crippen molar-refractivity contribution in [2.24, 2.45) is 0 Å². The van der Waals surface area contributed by atoms with E-state index in [0.29, 0.717) is 12.2 Å². The van der Waals surface area contributed by atoms with Crippen LogP contribution in [0, 0.1) is 17.1 Å². The van der Waals surface area contributed by atoms with Gasteiger partial charge in [-0.3, -0.25) is 4.79 Å². The fraction of sp³-hybridized carbons (Fsp3) is 0.188. The Morgan fingerprint density at radius 1 is 1.48 bits per heavy atom. The predicted octanol–water partition coefficient (Wildman–Crippen LogP) is 2.25. The predicted molar refractivity (Wildman–Crippen MR) is 83.3 cm³/mol. The number of benzene rings is 1. The highest BCUT2D eigenvalue weighted by atomic mass is 19.1. The minimum Gasteiger partial charge on any atom is -0.477 e. The number of hydrogen-bond donors (Lipinski definition) is 2. The number of nitrogens with zero attached hydrogens (tertiary/aromatic N) is 2. The molecule has 2 rings (SSSR count).